The molecule has 0 amide bonds. The van der Waals surface area contributed by atoms with Crippen LogP contribution in [0, 0.1) is 0 Å². The maximum atomic E-state index is 12.0. The zero-order chi connectivity index (χ0) is 12.3. The van der Waals surface area contributed by atoms with Crippen LogP contribution in [-0.4, -0.2) is 22.2 Å². The molecular weight excluding hydrogens is 249 g/mol. The highest BCUT2D eigenvalue weighted by Gasteiger charge is 2.50. The minimum Gasteiger partial charge on any atom is -0.308 e. The molecule has 0 aliphatic heterocycles. The van der Waals surface area contributed by atoms with Crippen LogP contribution in [-0.2, 0) is 14.0 Å². The maximum absolute atomic E-state index is 12.0. The summed E-state index contributed by atoms with van der Waals surface area (Å²) >= 11 is 0. The van der Waals surface area contributed by atoms with Crippen molar-refractivity contribution in [2.24, 2.45) is 0 Å². The predicted molar refractivity (Wildman–Crippen MR) is 53.3 cm³/mol. The zero-order valence-corrected chi connectivity index (χ0v) is 10.7. The number of hydrogen-bond donors (Lipinski definition) is 0. The number of unbranched alkanes of at least 4 members (excludes halogenated alkanes) is 1. The van der Waals surface area contributed by atoms with Gasteiger partial charge in [-0.1, -0.05) is 19.8 Å². The van der Waals surface area contributed by atoms with Crippen molar-refractivity contribution in [3.8, 4) is 0 Å². The Morgan fingerprint density at radius 3 is 2.07 bits per heavy atom. The second-order valence-electron chi connectivity index (χ2n) is 3.85. The van der Waals surface area contributed by atoms with Crippen molar-refractivity contribution >= 4 is 18.4 Å². The molecule has 3 nitrogen and oxygen atoms in total. The Balaban J connectivity index is 4.59. The van der Waals surface area contributed by atoms with Crippen LogP contribution in [0.25, 0.3) is 0 Å². The van der Waals surface area contributed by atoms with Gasteiger partial charge in [-0.2, -0.15) is 21.6 Å². The van der Waals surface area contributed by atoms with Crippen LogP contribution in [0.4, 0.5) is 13.2 Å². The molecule has 92 valence electrons. The van der Waals surface area contributed by atoms with Gasteiger partial charge < -0.3 is 3.87 Å². The van der Waals surface area contributed by atoms with Crippen molar-refractivity contribution in [3.05, 3.63) is 0 Å². The highest BCUT2D eigenvalue weighted by Crippen LogP contribution is 2.29. The lowest BCUT2D eigenvalue weighted by Gasteiger charge is -2.22. The van der Waals surface area contributed by atoms with Crippen LogP contribution >= 0.6 is 0 Å². The van der Waals surface area contributed by atoms with Gasteiger partial charge >= 0.3 is 15.6 Å². The van der Waals surface area contributed by atoms with Crippen molar-refractivity contribution in [2.45, 2.75) is 44.4 Å². The Bertz CT molecular complexity index is 297. The molecule has 0 rings (SSSR count). The number of hydrogen-bond acceptors (Lipinski definition) is 3. The standard InChI is InChI=1S/C7H15F3O3SSi/c1-4-5-6-15(2,3)13-14(11,12)7(8,9)10/h4-6H2,1-3H3. The van der Waals surface area contributed by atoms with E-state index in [9.17, 15) is 21.6 Å². The predicted octanol–water partition coefficient (Wildman–Crippen LogP) is 2.86. The Morgan fingerprint density at radius 2 is 1.73 bits per heavy atom. The van der Waals surface area contributed by atoms with Gasteiger partial charge in [0.25, 0.3) is 0 Å². The van der Waals surface area contributed by atoms with E-state index in [1.54, 1.807) is 0 Å². The van der Waals surface area contributed by atoms with Crippen LogP contribution in [0.1, 0.15) is 19.8 Å². The summed E-state index contributed by atoms with van der Waals surface area (Å²) in [4.78, 5) is 0. The monoisotopic (exact) mass is 264 g/mol. The van der Waals surface area contributed by atoms with Gasteiger partial charge in [0.05, 0.1) is 0 Å². The SMILES string of the molecule is CCCC[Si](C)(C)OS(=O)(=O)C(F)(F)F. The summed E-state index contributed by atoms with van der Waals surface area (Å²) in [5, 5.41) is 0. The highest BCUT2D eigenvalue weighted by molar-refractivity contribution is 7.88. The molecule has 0 aromatic heterocycles. The van der Waals surface area contributed by atoms with Crippen molar-refractivity contribution in [1.82, 2.24) is 0 Å². The first kappa shape index (κ1) is 14.9. The summed E-state index contributed by atoms with van der Waals surface area (Å²) in [6, 6.07) is 0.402. The van der Waals surface area contributed by atoms with Gasteiger partial charge in [0, 0.05) is 0 Å². The second kappa shape index (κ2) is 4.83. The molecule has 0 radical (unpaired) electrons. The fourth-order valence-electron chi connectivity index (χ4n) is 0.988. The lowest BCUT2D eigenvalue weighted by Crippen LogP contribution is -2.38. The molecule has 0 unspecified atom stereocenters. The van der Waals surface area contributed by atoms with E-state index in [0.29, 0.717) is 12.5 Å². The Morgan fingerprint density at radius 1 is 1.27 bits per heavy atom. The Hall–Kier alpha value is -0.0831. The zero-order valence-electron chi connectivity index (χ0n) is 8.89. The average Bonchev–Trinajstić information content (AvgIpc) is 1.96. The third kappa shape index (κ3) is 4.98. The quantitative estimate of drug-likeness (QED) is 0.566. The first-order chi connectivity index (χ1) is 6.52. The third-order valence-electron chi connectivity index (χ3n) is 1.75. The summed E-state index contributed by atoms with van der Waals surface area (Å²) in [5.74, 6) is 0. The van der Waals surface area contributed by atoms with Gasteiger partial charge in [0.2, 0.25) is 8.32 Å². The van der Waals surface area contributed by atoms with E-state index in [4.69, 9.17) is 0 Å². The van der Waals surface area contributed by atoms with Crippen LogP contribution in [0.2, 0.25) is 19.1 Å². The van der Waals surface area contributed by atoms with Gasteiger partial charge in [-0.05, 0) is 19.1 Å². The van der Waals surface area contributed by atoms with Gasteiger partial charge in [0.15, 0.2) is 0 Å². The molecule has 0 N–H and O–H groups in total. The fourth-order valence-corrected chi connectivity index (χ4v) is 5.28. The maximum Gasteiger partial charge on any atom is 0.522 e. The molecule has 0 saturated carbocycles. The molecule has 0 aliphatic carbocycles. The summed E-state index contributed by atoms with van der Waals surface area (Å²) < 4.78 is 61.7. The fraction of sp³-hybridized carbons (Fsp3) is 1.00. The molecule has 15 heavy (non-hydrogen) atoms. The topological polar surface area (TPSA) is 43.4 Å². The molecule has 0 spiro atoms. The molecule has 8 heteroatoms. The van der Waals surface area contributed by atoms with Crippen molar-refractivity contribution < 1.29 is 25.5 Å². The van der Waals surface area contributed by atoms with E-state index < -0.39 is 23.9 Å². The smallest absolute Gasteiger partial charge is 0.308 e. The van der Waals surface area contributed by atoms with Gasteiger partial charge in [-0.3, -0.25) is 0 Å². The molecular formula is C7H15F3O3SSi. The van der Waals surface area contributed by atoms with E-state index in [1.165, 1.54) is 13.1 Å². The van der Waals surface area contributed by atoms with Crippen molar-refractivity contribution in [2.75, 3.05) is 0 Å². The summed E-state index contributed by atoms with van der Waals surface area (Å²) in [7, 11) is -8.20. The third-order valence-corrected chi connectivity index (χ3v) is 6.56. The highest BCUT2D eigenvalue weighted by atomic mass is 32.2. The van der Waals surface area contributed by atoms with E-state index >= 15 is 0 Å². The van der Waals surface area contributed by atoms with E-state index in [-0.39, 0.29) is 0 Å². The van der Waals surface area contributed by atoms with Crippen molar-refractivity contribution in [1.29, 1.82) is 0 Å². The van der Waals surface area contributed by atoms with Crippen LogP contribution in [0.5, 0.6) is 0 Å². The lowest BCUT2D eigenvalue weighted by molar-refractivity contribution is -0.0503. The minimum absolute atomic E-state index is 0.402. The molecule has 0 aromatic carbocycles. The van der Waals surface area contributed by atoms with E-state index in [1.807, 2.05) is 6.92 Å². The second-order valence-corrected chi connectivity index (χ2v) is 9.90. The lowest BCUT2D eigenvalue weighted by atomic mass is 10.4. The largest absolute Gasteiger partial charge is 0.522 e. The molecule has 0 atom stereocenters. The van der Waals surface area contributed by atoms with Crippen molar-refractivity contribution in [3.63, 3.8) is 0 Å². The average molecular weight is 264 g/mol. The molecule has 0 heterocycles. The number of rotatable bonds is 5. The number of alkyl halides is 3. The van der Waals surface area contributed by atoms with Gasteiger partial charge in [-0.15, -0.1) is 0 Å². The van der Waals surface area contributed by atoms with Gasteiger partial charge in [0.1, 0.15) is 0 Å². The first-order valence-corrected chi connectivity index (χ1v) is 9.06. The Labute approximate surface area is 88.9 Å². The van der Waals surface area contributed by atoms with E-state index in [0.717, 1.165) is 6.42 Å². The minimum atomic E-state index is -5.42. The molecule has 0 bridgehead atoms. The first-order valence-electron chi connectivity index (χ1n) is 4.54. The van der Waals surface area contributed by atoms with E-state index in [2.05, 4.69) is 3.87 Å². The Kier molecular flexibility index (Phi) is 4.81. The number of halogens is 3. The van der Waals surface area contributed by atoms with Gasteiger partial charge in [-0.25, -0.2) is 0 Å². The molecule has 0 saturated heterocycles. The van der Waals surface area contributed by atoms with Crippen LogP contribution in [0.3, 0.4) is 0 Å². The molecule has 0 aliphatic rings. The van der Waals surface area contributed by atoms with Crippen LogP contribution in [0.15, 0.2) is 0 Å². The summed E-state index contributed by atoms with van der Waals surface area (Å²) in [5.41, 5.74) is -5.32. The molecule has 0 aromatic rings. The van der Waals surface area contributed by atoms with Crippen LogP contribution < -0.4 is 0 Å². The normalized spacial score (nSPS) is 14.3. The summed E-state index contributed by atoms with van der Waals surface area (Å²) in [6.07, 6.45) is 1.47. The summed E-state index contributed by atoms with van der Waals surface area (Å²) in [6.45, 7) is 4.81. The molecule has 0 fully saturated rings.